The summed E-state index contributed by atoms with van der Waals surface area (Å²) in [4.78, 5) is 0. The van der Waals surface area contributed by atoms with E-state index in [1.54, 1.807) is 12.1 Å². The quantitative estimate of drug-likeness (QED) is 0.833. The summed E-state index contributed by atoms with van der Waals surface area (Å²) in [7, 11) is 0. The number of ether oxygens (including phenoxy) is 1. The molecule has 106 valence electrons. The average Bonchev–Trinajstić information content (AvgIpc) is 2.38. The molecule has 6 heteroatoms. The van der Waals surface area contributed by atoms with Gasteiger partial charge in [-0.1, -0.05) is 6.07 Å². The lowest BCUT2D eigenvalue weighted by Crippen LogP contribution is -2.26. The smallest absolute Gasteiger partial charge is 0.422 e. The molecule has 1 aliphatic heterocycles. The maximum atomic E-state index is 12.2. The molecule has 0 radical (unpaired) electrons. The van der Waals surface area contributed by atoms with Crippen molar-refractivity contribution < 1.29 is 17.9 Å². The topological polar surface area (TPSA) is 47.3 Å². The van der Waals surface area contributed by atoms with Crippen LogP contribution in [0.4, 0.5) is 18.9 Å². The Morgan fingerprint density at radius 3 is 2.58 bits per heavy atom. The van der Waals surface area contributed by atoms with Gasteiger partial charge in [-0.05, 0) is 49.5 Å². The summed E-state index contributed by atoms with van der Waals surface area (Å²) in [6, 6.07) is 5.12. The fourth-order valence-corrected chi connectivity index (χ4v) is 2.24. The average molecular weight is 274 g/mol. The lowest BCUT2D eigenvalue weighted by Gasteiger charge is -2.23. The third kappa shape index (κ3) is 4.02. The van der Waals surface area contributed by atoms with Gasteiger partial charge in [0.1, 0.15) is 5.75 Å². The molecule has 3 N–H and O–H groups in total. The molecule has 0 unspecified atom stereocenters. The molecule has 2 rings (SSSR count). The molecule has 1 aliphatic rings. The maximum Gasteiger partial charge on any atom is 0.422 e. The molecule has 1 heterocycles. The van der Waals surface area contributed by atoms with Crippen molar-refractivity contribution in [2.24, 2.45) is 0 Å². The van der Waals surface area contributed by atoms with Crippen LogP contribution in [0.3, 0.4) is 0 Å². The maximum absolute atomic E-state index is 12.2. The number of halogens is 3. The minimum Gasteiger partial charge on any atom is -0.482 e. The van der Waals surface area contributed by atoms with Crippen molar-refractivity contribution in [3.8, 4) is 5.75 Å². The molecule has 3 nitrogen and oxygen atoms in total. The van der Waals surface area contributed by atoms with Gasteiger partial charge < -0.3 is 15.8 Å². The molecule has 0 spiro atoms. The monoisotopic (exact) mass is 274 g/mol. The summed E-state index contributed by atoms with van der Waals surface area (Å²) in [6.07, 6.45) is -2.40. The molecule has 1 aromatic rings. The Morgan fingerprint density at radius 2 is 1.95 bits per heavy atom. The number of hydrogen-bond acceptors (Lipinski definition) is 3. The number of hydrogen-bond donors (Lipinski definition) is 2. The zero-order chi connectivity index (χ0) is 13.9. The Bertz CT molecular complexity index is 428. The predicted octanol–water partition coefficient (Wildman–Crippen LogP) is 2.68. The van der Waals surface area contributed by atoms with Crippen LogP contribution in [-0.2, 0) is 0 Å². The summed E-state index contributed by atoms with van der Waals surface area (Å²) in [5.41, 5.74) is 6.87. The SMILES string of the molecule is Nc1ccc(C2CCNCC2)cc1OCC(F)(F)F. The van der Waals surface area contributed by atoms with Crippen molar-refractivity contribution in [2.75, 3.05) is 25.4 Å². The Morgan fingerprint density at radius 1 is 1.26 bits per heavy atom. The number of alkyl halides is 3. The highest BCUT2D eigenvalue weighted by Crippen LogP contribution is 2.32. The van der Waals surface area contributed by atoms with Crippen LogP contribution in [0.5, 0.6) is 5.75 Å². The molecule has 0 saturated carbocycles. The van der Waals surface area contributed by atoms with Crippen LogP contribution >= 0.6 is 0 Å². The molecule has 1 aromatic carbocycles. The zero-order valence-corrected chi connectivity index (χ0v) is 10.5. The normalized spacial score (nSPS) is 17.4. The van der Waals surface area contributed by atoms with Crippen LogP contribution in [-0.4, -0.2) is 25.9 Å². The first-order valence-corrected chi connectivity index (χ1v) is 6.25. The Kier molecular flexibility index (Phi) is 4.19. The van der Waals surface area contributed by atoms with Gasteiger partial charge in [-0.25, -0.2) is 0 Å². The molecular formula is C13H17F3N2O. The van der Waals surface area contributed by atoms with Gasteiger partial charge in [0.05, 0.1) is 5.69 Å². The second kappa shape index (κ2) is 5.69. The van der Waals surface area contributed by atoms with Crippen LogP contribution < -0.4 is 15.8 Å². The standard InChI is InChI=1S/C13H17F3N2O/c14-13(15,16)8-19-12-7-10(1-2-11(12)17)9-3-5-18-6-4-9/h1-2,7,9,18H,3-6,8,17H2. The number of anilines is 1. The van der Waals surface area contributed by atoms with Gasteiger partial charge in [-0.2, -0.15) is 13.2 Å². The molecular weight excluding hydrogens is 257 g/mol. The Labute approximate surface area is 109 Å². The predicted molar refractivity (Wildman–Crippen MR) is 67.2 cm³/mol. The highest BCUT2D eigenvalue weighted by Gasteiger charge is 2.29. The van der Waals surface area contributed by atoms with E-state index in [0.717, 1.165) is 31.5 Å². The van der Waals surface area contributed by atoms with Crippen molar-refractivity contribution in [2.45, 2.75) is 24.9 Å². The summed E-state index contributed by atoms with van der Waals surface area (Å²) < 4.78 is 41.2. The third-order valence-electron chi connectivity index (χ3n) is 3.24. The largest absolute Gasteiger partial charge is 0.482 e. The minimum absolute atomic E-state index is 0.119. The summed E-state index contributed by atoms with van der Waals surface area (Å²) >= 11 is 0. The van der Waals surface area contributed by atoms with Crippen LogP contribution in [0.2, 0.25) is 0 Å². The highest BCUT2D eigenvalue weighted by atomic mass is 19.4. The molecule has 1 saturated heterocycles. The first-order valence-electron chi connectivity index (χ1n) is 6.25. The number of nitrogens with one attached hydrogen (secondary N) is 1. The summed E-state index contributed by atoms with van der Waals surface area (Å²) in [5, 5.41) is 3.25. The third-order valence-corrected chi connectivity index (χ3v) is 3.24. The molecule has 0 aromatic heterocycles. The van der Waals surface area contributed by atoms with Crippen LogP contribution in [0.1, 0.15) is 24.3 Å². The van der Waals surface area contributed by atoms with Gasteiger partial charge in [-0.15, -0.1) is 0 Å². The molecule has 0 amide bonds. The van der Waals surface area contributed by atoms with E-state index in [1.807, 2.05) is 6.07 Å². The van der Waals surface area contributed by atoms with Gasteiger partial charge in [0.25, 0.3) is 0 Å². The van der Waals surface area contributed by atoms with Gasteiger partial charge in [0.2, 0.25) is 0 Å². The van der Waals surface area contributed by atoms with Crippen molar-refractivity contribution in [1.82, 2.24) is 5.32 Å². The van der Waals surface area contributed by atoms with Gasteiger partial charge in [0, 0.05) is 0 Å². The van der Waals surface area contributed by atoms with E-state index >= 15 is 0 Å². The number of piperidine rings is 1. The number of benzene rings is 1. The van der Waals surface area contributed by atoms with E-state index in [1.165, 1.54) is 0 Å². The van der Waals surface area contributed by atoms with E-state index in [0.29, 0.717) is 5.92 Å². The molecule has 19 heavy (non-hydrogen) atoms. The Balaban J connectivity index is 2.10. The van der Waals surface area contributed by atoms with E-state index in [2.05, 4.69) is 5.32 Å². The lowest BCUT2D eigenvalue weighted by molar-refractivity contribution is -0.153. The van der Waals surface area contributed by atoms with Crippen LogP contribution in [0.25, 0.3) is 0 Å². The number of nitrogen functional groups attached to an aromatic ring is 1. The van der Waals surface area contributed by atoms with E-state index in [9.17, 15) is 13.2 Å². The van der Waals surface area contributed by atoms with Crippen molar-refractivity contribution in [3.05, 3.63) is 23.8 Å². The van der Waals surface area contributed by atoms with E-state index < -0.39 is 12.8 Å². The molecule has 0 bridgehead atoms. The second-order valence-electron chi connectivity index (χ2n) is 4.73. The fourth-order valence-electron chi connectivity index (χ4n) is 2.24. The fraction of sp³-hybridized carbons (Fsp3) is 0.538. The summed E-state index contributed by atoms with van der Waals surface area (Å²) in [6.45, 7) is 0.536. The second-order valence-corrected chi connectivity index (χ2v) is 4.73. The van der Waals surface area contributed by atoms with Crippen LogP contribution in [0, 0.1) is 0 Å². The molecule has 0 aliphatic carbocycles. The summed E-state index contributed by atoms with van der Waals surface area (Å²) in [5.74, 6) is 0.475. The Hall–Kier alpha value is -1.43. The number of nitrogens with two attached hydrogens (primary N) is 1. The van der Waals surface area contributed by atoms with Crippen molar-refractivity contribution >= 4 is 5.69 Å². The first-order chi connectivity index (χ1) is 8.96. The zero-order valence-electron chi connectivity index (χ0n) is 10.5. The van der Waals surface area contributed by atoms with Gasteiger partial charge in [-0.3, -0.25) is 0 Å². The van der Waals surface area contributed by atoms with E-state index in [-0.39, 0.29) is 11.4 Å². The molecule has 1 fully saturated rings. The van der Waals surface area contributed by atoms with Gasteiger partial charge >= 0.3 is 6.18 Å². The lowest BCUT2D eigenvalue weighted by atomic mass is 9.90. The molecule has 0 atom stereocenters. The van der Waals surface area contributed by atoms with E-state index in [4.69, 9.17) is 10.5 Å². The van der Waals surface area contributed by atoms with Crippen LogP contribution in [0.15, 0.2) is 18.2 Å². The van der Waals surface area contributed by atoms with Crippen molar-refractivity contribution in [1.29, 1.82) is 0 Å². The minimum atomic E-state index is -4.35. The first kappa shape index (κ1) is 14.0. The van der Waals surface area contributed by atoms with Gasteiger partial charge in [0.15, 0.2) is 6.61 Å². The number of rotatable bonds is 3. The van der Waals surface area contributed by atoms with Crippen molar-refractivity contribution in [3.63, 3.8) is 0 Å². The highest BCUT2D eigenvalue weighted by molar-refractivity contribution is 5.54.